The zero-order valence-corrected chi connectivity index (χ0v) is 12.3. The van der Waals surface area contributed by atoms with E-state index in [9.17, 15) is 9.90 Å². The van der Waals surface area contributed by atoms with E-state index in [0.717, 1.165) is 17.7 Å². The van der Waals surface area contributed by atoms with Crippen LogP contribution in [0.2, 0.25) is 0 Å². The number of carboxylic acids is 1. The lowest BCUT2D eigenvalue weighted by atomic mass is 10.1. The lowest BCUT2D eigenvalue weighted by Crippen LogP contribution is -2.40. The van der Waals surface area contributed by atoms with Gasteiger partial charge in [0.25, 0.3) is 0 Å². The Hall–Kier alpha value is -2.29. The van der Waals surface area contributed by atoms with Gasteiger partial charge in [0.15, 0.2) is 0 Å². The summed E-state index contributed by atoms with van der Waals surface area (Å²) in [5.41, 5.74) is 2.06. The fourth-order valence-corrected chi connectivity index (χ4v) is 2.47. The highest BCUT2D eigenvalue weighted by molar-refractivity contribution is 5.78. The van der Waals surface area contributed by atoms with Crippen LogP contribution >= 0.6 is 0 Å². The van der Waals surface area contributed by atoms with Gasteiger partial charge in [0.1, 0.15) is 6.04 Å². The molecular weight excluding hydrogens is 262 g/mol. The molecule has 0 amide bonds. The highest BCUT2D eigenvalue weighted by Gasteiger charge is 2.25. The van der Waals surface area contributed by atoms with E-state index in [1.807, 2.05) is 72.5 Å². The maximum absolute atomic E-state index is 11.7. The Morgan fingerprint density at radius 2 is 1.62 bits per heavy atom. The quantitative estimate of drug-likeness (QED) is 0.836. The Kier molecular flexibility index (Phi) is 5.38. The van der Waals surface area contributed by atoms with Crippen molar-refractivity contribution in [3.05, 3.63) is 66.2 Å². The zero-order valence-electron chi connectivity index (χ0n) is 12.3. The number of para-hydroxylation sites is 1. The monoisotopic (exact) mass is 283 g/mol. The Morgan fingerprint density at radius 3 is 2.14 bits per heavy atom. The molecule has 0 aromatic heterocycles. The average molecular weight is 283 g/mol. The summed E-state index contributed by atoms with van der Waals surface area (Å²) in [6.45, 7) is 2.61. The van der Waals surface area contributed by atoms with Crippen molar-refractivity contribution in [2.24, 2.45) is 0 Å². The summed E-state index contributed by atoms with van der Waals surface area (Å²) in [6, 6.07) is 19.2. The Labute approximate surface area is 125 Å². The van der Waals surface area contributed by atoms with Crippen LogP contribution in [0.4, 0.5) is 5.69 Å². The van der Waals surface area contributed by atoms with Crippen molar-refractivity contribution < 1.29 is 9.90 Å². The predicted octanol–water partition coefficient (Wildman–Crippen LogP) is 3.95. The van der Waals surface area contributed by atoms with Gasteiger partial charge in [0.05, 0.1) is 0 Å². The molecule has 0 spiro atoms. The predicted molar refractivity (Wildman–Crippen MR) is 85.4 cm³/mol. The Morgan fingerprint density at radius 1 is 1.05 bits per heavy atom. The summed E-state index contributed by atoms with van der Waals surface area (Å²) < 4.78 is 0. The summed E-state index contributed by atoms with van der Waals surface area (Å²) in [7, 11) is 0. The molecule has 0 saturated heterocycles. The molecule has 110 valence electrons. The van der Waals surface area contributed by atoms with Crippen molar-refractivity contribution in [2.45, 2.75) is 32.4 Å². The van der Waals surface area contributed by atoms with Crippen LogP contribution in [0.3, 0.4) is 0 Å². The minimum absolute atomic E-state index is 0.502. The van der Waals surface area contributed by atoms with Crippen molar-refractivity contribution in [1.82, 2.24) is 0 Å². The number of rotatable bonds is 7. The van der Waals surface area contributed by atoms with Gasteiger partial charge in [-0.3, -0.25) is 0 Å². The summed E-state index contributed by atoms with van der Waals surface area (Å²) in [5, 5.41) is 9.57. The number of aliphatic carboxylic acids is 1. The lowest BCUT2D eigenvalue weighted by molar-refractivity contribution is -0.138. The van der Waals surface area contributed by atoms with E-state index in [1.54, 1.807) is 0 Å². The smallest absolute Gasteiger partial charge is 0.326 e. The highest BCUT2D eigenvalue weighted by Crippen LogP contribution is 2.22. The van der Waals surface area contributed by atoms with Gasteiger partial charge in [0.2, 0.25) is 0 Å². The van der Waals surface area contributed by atoms with Crippen LogP contribution in [0, 0.1) is 0 Å². The maximum atomic E-state index is 11.7. The molecule has 3 heteroatoms. The van der Waals surface area contributed by atoms with E-state index in [-0.39, 0.29) is 0 Å². The van der Waals surface area contributed by atoms with Crippen LogP contribution < -0.4 is 4.90 Å². The van der Waals surface area contributed by atoms with Crippen molar-refractivity contribution in [3.8, 4) is 0 Å². The first-order chi connectivity index (χ1) is 10.2. The van der Waals surface area contributed by atoms with Crippen molar-refractivity contribution >= 4 is 11.7 Å². The number of carboxylic acid groups (broad SMARTS) is 1. The fourth-order valence-electron chi connectivity index (χ4n) is 2.47. The zero-order chi connectivity index (χ0) is 15.1. The third-order valence-corrected chi connectivity index (χ3v) is 3.51. The van der Waals surface area contributed by atoms with Gasteiger partial charge in [-0.1, -0.05) is 61.9 Å². The second kappa shape index (κ2) is 7.48. The van der Waals surface area contributed by atoms with E-state index in [0.29, 0.717) is 13.0 Å². The highest BCUT2D eigenvalue weighted by atomic mass is 16.4. The topological polar surface area (TPSA) is 40.5 Å². The second-order valence-corrected chi connectivity index (χ2v) is 5.09. The molecule has 1 unspecified atom stereocenters. The van der Waals surface area contributed by atoms with Crippen LogP contribution in [-0.2, 0) is 11.3 Å². The molecule has 3 nitrogen and oxygen atoms in total. The van der Waals surface area contributed by atoms with Crippen LogP contribution in [-0.4, -0.2) is 17.1 Å². The molecule has 0 fully saturated rings. The van der Waals surface area contributed by atoms with Crippen LogP contribution in [0.1, 0.15) is 25.3 Å². The summed E-state index contributed by atoms with van der Waals surface area (Å²) in [5.74, 6) is -0.767. The van der Waals surface area contributed by atoms with E-state index in [1.165, 1.54) is 0 Å². The number of anilines is 1. The first-order valence-electron chi connectivity index (χ1n) is 7.30. The third kappa shape index (κ3) is 4.09. The number of nitrogens with zero attached hydrogens (tertiary/aromatic N) is 1. The molecular formula is C18H21NO2. The lowest BCUT2D eigenvalue weighted by Gasteiger charge is -2.31. The SMILES string of the molecule is CCCC(C(=O)O)N(Cc1ccccc1)c1ccccc1. The second-order valence-electron chi connectivity index (χ2n) is 5.09. The Bertz CT molecular complexity index is 554. The van der Waals surface area contributed by atoms with E-state index in [4.69, 9.17) is 0 Å². The molecule has 0 aliphatic carbocycles. The van der Waals surface area contributed by atoms with E-state index >= 15 is 0 Å². The standard InChI is InChI=1S/C18H21NO2/c1-2-9-17(18(20)21)19(16-12-7-4-8-13-16)14-15-10-5-3-6-11-15/h3-8,10-13,17H,2,9,14H2,1H3,(H,20,21). The van der Waals surface area contributed by atoms with Gasteiger partial charge < -0.3 is 10.0 Å². The van der Waals surface area contributed by atoms with Crippen molar-refractivity contribution in [2.75, 3.05) is 4.90 Å². The van der Waals surface area contributed by atoms with Crippen LogP contribution in [0.15, 0.2) is 60.7 Å². The third-order valence-electron chi connectivity index (χ3n) is 3.51. The number of benzene rings is 2. The molecule has 1 atom stereocenters. The molecule has 0 bridgehead atoms. The van der Waals surface area contributed by atoms with Gasteiger partial charge >= 0.3 is 5.97 Å². The van der Waals surface area contributed by atoms with Gasteiger partial charge in [-0.15, -0.1) is 0 Å². The maximum Gasteiger partial charge on any atom is 0.326 e. The average Bonchev–Trinajstić information content (AvgIpc) is 2.52. The van der Waals surface area contributed by atoms with Gasteiger partial charge in [-0.25, -0.2) is 4.79 Å². The number of hydrogen-bond acceptors (Lipinski definition) is 2. The molecule has 0 saturated carbocycles. The molecule has 2 aromatic rings. The van der Waals surface area contributed by atoms with Gasteiger partial charge in [-0.05, 0) is 24.1 Å². The molecule has 0 aliphatic rings. The molecule has 0 radical (unpaired) electrons. The van der Waals surface area contributed by atoms with Gasteiger partial charge in [-0.2, -0.15) is 0 Å². The summed E-state index contributed by atoms with van der Waals surface area (Å²) >= 11 is 0. The number of carbonyl (C=O) groups is 1. The normalized spacial score (nSPS) is 11.9. The minimum Gasteiger partial charge on any atom is -0.480 e. The Balaban J connectivity index is 2.31. The first-order valence-corrected chi connectivity index (χ1v) is 7.30. The van der Waals surface area contributed by atoms with Crippen molar-refractivity contribution in [1.29, 1.82) is 0 Å². The molecule has 1 N–H and O–H groups in total. The first kappa shape index (κ1) is 15.1. The van der Waals surface area contributed by atoms with Crippen molar-refractivity contribution in [3.63, 3.8) is 0 Å². The van der Waals surface area contributed by atoms with E-state index in [2.05, 4.69) is 0 Å². The van der Waals surface area contributed by atoms with Gasteiger partial charge in [0, 0.05) is 12.2 Å². The molecule has 2 rings (SSSR count). The fraction of sp³-hybridized carbons (Fsp3) is 0.278. The molecule has 0 aliphatic heterocycles. The number of hydrogen-bond donors (Lipinski definition) is 1. The molecule has 2 aromatic carbocycles. The van der Waals surface area contributed by atoms with Crippen LogP contribution in [0.5, 0.6) is 0 Å². The minimum atomic E-state index is -0.767. The summed E-state index contributed by atoms with van der Waals surface area (Å²) in [4.78, 5) is 13.6. The summed E-state index contributed by atoms with van der Waals surface area (Å²) in [6.07, 6.45) is 1.48. The molecule has 0 heterocycles. The van der Waals surface area contributed by atoms with E-state index < -0.39 is 12.0 Å². The molecule has 21 heavy (non-hydrogen) atoms. The van der Waals surface area contributed by atoms with Crippen LogP contribution in [0.25, 0.3) is 0 Å². The largest absolute Gasteiger partial charge is 0.480 e.